The van der Waals surface area contributed by atoms with Crippen molar-refractivity contribution < 1.29 is 24.5 Å². The van der Waals surface area contributed by atoms with Gasteiger partial charge in [0.15, 0.2) is 0 Å². The van der Waals surface area contributed by atoms with Crippen molar-refractivity contribution in [3.8, 4) is 5.75 Å². The van der Waals surface area contributed by atoms with E-state index in [2.05, 4.69) is 0 Å². The first-order chi connectivity index (χ1) is 8.93. The van der Waals surface area contributed by atoms with Crippen molar-refractivity contribution in [2.45, 2.75) is 6.92 Å². The average Bonchev–Trinajstić information content (AvgIpc) is 2.37. The molecule has 1 aromatic rings. The molecule has 104 valence electrons. The smallest absolute Gasteiger partial charge is 0.323 e. The summed E-state index contributed by atoms with van der Waals surface area (Å²) in [6, 6.07) is 6.87. The van der Waals surface area contributed by atoms with Crippen molar-refractivity contribution in [3.05, 3.63) is 24.3 Å². The normalized spacial score (nSPS) is 11.7. The average molecular weight is 267 g/mol. The number of methoxy groups -OCH3 is 1. The number of carboxylic acids is 2. The summed E-state index contributed by atoms with van der Waals surface area (Å²) in [5.74, 6) is -2.04. The van der Waals surface area contributed by atoms with Crippen molar-refractivity contribution in [1.82, 2.24) is 0 Å². The van der Waals surface area contributed by atoms with E-state index in [1.807, 2.05) is 0 Å². The van der Waals surface area contributed by atoms with Gasteiger partial charge < -0.3 is 19.8 Å². The number of aliphatic carboxylic acids is 2. The number of hydrogen-bond donors (Lipinski definition) is 2. The summed E-state index contributed by atoms with van der Waals surface area (Å²) < 4.78 is 5.07. The molecule has 0 aromatic heterocycles. The van der Waals surface area contributed by atoms with E-state index >= 15 is 0 Å². The van der Waals surface area contributed by atoms with Crippen molar-refractivity contribution in [2.75, 3.05) is 25.1 Å². The molecule has 0 saturated heterocycles. The van der Waals surface area contributed by atoms with Crippen LogP contribution in [-0.4, -0.2) is 42.4 Å². The molecule has 0 fully saturated rings. The lowest BCUT2D eigenvalue weighted by Crippen LogP contribution is -2.35. The van der Waals surface area contributed by atoms with Crippen LogP contribution >= 0.6 is 0 Å². The Balaban J connectivity index is 2.94. The van der Waals surface area contributed by atoms with Gasteiger partial charge in [-0.1, -0.05) is 13.0 Å². The van der Waals surface area contributed by atoms with Gasteiger partial charge in [0, 0.05) is 18.3 Å². The number of nitrogens with zero attached hydrogens (tertiary/aromatic N) is 1. The third-order valence-corrected chi connectivity index (χ3v) is 2.66. The molecule has 6 nitrogen and oxygen atoms in total. The summed E-state index contributed by atoms with van der Waals surface area (Å²) in [5.41, 5.74) is 0.620. The Hall–Kier alpha value is -2.24. The van der Waals surface area contributed by atoms with E-state index in [0.717, 1.165) is 0 Å². The lowest BCUT2D eigenvalue weighted by atomic mass is 10.1. The highest BCUT2D eigenvalue weighted by Gasteiger charge is 2.19. The van der Waals surface area contributed by atoms with Crippen LogP contribution in [0.15, 0.2) is 24.3 Å². The van der Waals surface area contributed by atoms with Crippen LogP contribution < -0.4 is 9.64 Å². The first-order valence-electron chi connectivity index (χ1n) is 5.77. The van der Waals surface area contributed by atoms with E-state index in [1.54, 1.807) is 24.3 Å². The number of carbonyl (C=O) groups is 2. The third-order valence-electron chi connectivity index (χ3n) is 2.66. The van der Waals surface area contributed by atoms with Gasteiger partial charge in [-0.15, -0.1) is 0 Å². The molecule has 0 saturated carbocycles. The summed E-state index contributed by atoms with van der Waals surface area (Å²) in [5, 5.41) is 17.8. The zero-order valence-corrected chi connectivity index (χ0v) is 10.9. The predicted molar refractivity (Wildman–Crippen MR) is 69.6 cm³/mol. The fourth-order valence-corrected chi connectivity index (χ4v) is 1.64. The number of hydrogen-bond acceptors (Lipinski definition) is 4. The SMILES string of the molecule is COc1cccc(N(CC(=O)O)CC(C)C(=O)O)c1. The van der Waals surface area contributed by atoms with Gasteiger partial charge in [-0.2, -0.15) is 0 Å². The van der Waals surface area contributed by atoms with Crippen molar-refractivity contribution in [3.63, 3.8) is 0 Å². The molecule has 0 aliphatic heterocycles. The lowest BCUT2D eigenvalue weighted by molar-refractivity contribution is -0.141. The molecule has 0 spiro atoms. The number of rotatable bonds is 7. The molecule has 1 atom stereocenters. The number of ether oxygens (including phenoxy) is 1. The summed E-state index contributed by atoms with van der Waals surface area (Å²) >= 11 is 0. The lowest BCUT2D eigenvalue weighted by Gasteiger charge is -2.25. The maximum Gasteiger partial charge on any atom is 0.323 e. The molecule has 19 heavy (non-hydrogen) atoms. The van der Waals surface area contributed by atoms with Crippen molar-refractivity contribution >= 4 is 17.6 Å². The van der Waals surface area contributed by atoms with Gasteiger partial charge in [-0.3, -0.25) is 9.59 Å². The van der Waals surface area contributed by atoms with E-state index in [9.17, 15) is 9.59 Å². The number of anilines is 1. The minimum absolute atomic E-state index is 0.120. The highest BCUT2D eigenvalue weighted by molar-refractivity contribution is 5.75. The topological polar surface area (TPSA) is 87.1 Å². The van der Waals surface area contributed by atoms with Crippen molar-refractivity contribution in [2.24, 2.45) is 5.92 Å². The van der Waals surface area contributed by atoms with Crippen LogP contribution in [0.2, 0.25) is 0 Å². The molecular weight excluding hydrogens is 250 g/mol. The maximum atomic E-state index is 10.9. The predicted octanol–water partition coefficient (Wildman–Crippen LogP) is 1.31. The second-order valence-electron chi connectivity index (χ2n) is 4.22. The van der Waals surface area contributed by atoms with Crippen LogP contribution in [0.5, 0.6) is 5.75 Å². The first kappa shape index (κ1) is 14.8. The molecule has 0 heterocycles. The molecule has 0 bridgehead atoms. The summed E-state index contributed by atoms with van der Waals surface area (Å²) in [6.45, 7) is 1.40. The van der Waals surface area contributed by atoms with Crippen LogP contribution in [-0.2, 0) is 9.59 Å². The molecule has 1 aromatic carbocycles. The van der Waals surface area contributed by atoms with Gasteiger partial charge in [-0.05, 0) is 12.1 Å². The minimum atomic E-state index is -1.01. The second kappa shape index (κ2) is 6.63. The van der Waals surface area contributed by atoms with E-state index < -0.39 is 17.9 Å². The van der Waals surface area contributed by atoms with Crippen LogP contribution in [0.3, 0.4) is 0 Å². The monoisotopic (exact) mass is 267 g/mol. The Labute approximate surface area is 111 Å². The Bertz CT molecular complexity index is 460. The Morgan fingerprint density at radius 1 is 1.37 bits per heavy atom. The van der Waals surface area contributed by atoms with Gasteiger partial charge in [-0.25, -0.2) is 0 Å². The molecule has 1 unspecified atom stereocenters. The fraction of sp³-hybridized carbons (Fsp3) is 0.385. The molecular formula is C13H17NO5. The Morgan fingerprint density at radius 2 is 2.05 bits per heavy atom. The molecule has 1 rings (SSSR count). The van der Waals surface area contributed by atoms with Crippen LogP contribution in [0.25, 0.3) is 0 Å². The highest BCUT2D eigenvalue weighted by Crippen LogP contribution is 2.21. The third kappa shape index (κ3) is 4.50. The van der Waals surface area contributed by atoms with Crippen LogP contribution in [0.1, 0.15) is 6.92 Å². The maximum absolute atomic E-state index is 10.9. The van der Waals surface area contributed by atoms with Gasteiger partial charge in [0.25, 0.3) is 0 Å². The standard InChI is InChI=1S/C13H17NO5/c1-9(13(17)18)7-14(8-12(15)16)10-4-3-5-11(6-10)19-2/h3-6,9H,7-8H2,1-2H3,(H,15,16)(H,17,18). The largest absolute Gasteiger partial charge is 0.497 e. The second-order valence-corrected chi connectivity index (χ2v) is 4.22. The number of benzene rings is 1. The molecule has 0 aliphatic carbocycles. The van der Waals surface area contributed by atoms with Crippen molar-refractivity contribution in [1.29, 1.82) is 0 Å². The Kier molecular flexibility index (Phi) is 5.17. The minimum Gasteiger partial charge on any atom is -0.497 e. The number of carboxylic acid groups (broad SMARTS) is 2. The quantitative estimate of drug-likeness (QED) is 0.774. The highest BCUT2D eigenvalue weighted by atomic mass is 16.5. The summed E-state index contributed by atoms with van der Waals surface area (Å²) in [4.78, 5) is 23.2. The molecule has 0 amide bonds. The first-order valence-corrected chi connectivity index (χ1v) is 5.77. The van der Waals surface area contributed by atoms with Crippen LogP contribution in [0.4, 0.5) is 5.69 Å². The van der Waals surface area contributed by atoms with E-state index in [4.69, 9.17) is 14.9 Å². The molecule has 0 radical (unpaired) electrons. The molecule has 0 aliphatic rings. The van der Waals surface area contributed by atoms with Gasteiger partial charge in [0.05, 0.1) is 13.0 Å². The van der Waals surface area contributed by atoms with E-state index in [1.165, 1.54) is 18.9 Å². The summed E-state index contributed by atoms with van der Waals surface area (Å²) in [6.07, 6.45) is 0. The molecule has 6 heteroatoms. The van der Waals surface area contributed by atoms with Crippen LogP contribution in [0, 0.1) is 5.92 Å². The van der Waals surface area contributed by atoms with E-state index in [-0.39, 0.29) is 13.1 Å². The van der Waals surface area contributed by atoms with Gasteiger partial charge in [0.1, 0.15) is 12.3 Å². The zero-order valence-electron chi connectivity index (χ0n) is 10.9. The van der Waals surface area contributed by atoms with E-state index in [0.29, 0.717) is 11.4 Å². The van der Waals surface area contributed by atoms with Gasteiger partial charge >= 0.3 is 11.9 Å². The van der Waals surface area contributed by atoms with Gasteiger partial charge in [0.2, 0.25) is 0 Å². The molecule has 2 N–H and O–H groups in total. The summed E-state index contributed by atoms with van der Waals surface area (Å²) in [7, 11) is 1.51. The fourth-order valence-electron chi connectivity index (χ4n) is 1.64. The Morgan fingerprint density at radius 3 is 2.58 bits per heavy atom. The zero-order chi connectivity index (χ0) is 14.4.